The Morgan fingerprint density at radius 2 is 1.81 bits per heavy atom. The summed E-state index contributed by atoms with van der Waals surface area (Å²) in [6.07, 6.45) is 8.71. The predicted octanol–water partition coefficient (Wildman–Crippen LogP) is -0.232. The number of benzene rings is 1. The first-order chi connectivity index (χ1) is 11.3. The summed E-state index contributed by atoms with van der Waals surface area (Å²) in [7, 11) is -2.15. The van der Waals surface area contributed by atoms with E-state index in [9.17, 15) is 0 Å². The van der Waals surface area contributed by atoms with Crippen molar-refractivity contribution in [2.75, 3.05) is 0 Å². The molecule has 0 aromatic heterocycles. The number of fused-ring (bicyclic) bond motifs is 1. The van der Waals surface area contributed by atoms with Crippen LogP contribution in [0.3, 0.4) is 0 Å². The normalized spacial score (nSPS) is 12.6. The van der Waals surface area contributed by atoms with E-state index in [0.717, 1.165) is 12.8 Å². The Hall–Kier alpha value is -0.123. The van der Waals surface area contributed by atoms with E-state index in [1.807, 2.05) is 0 Å². The van der Waals surface area contributed by atoms with E-state index < -0.39 is 16.7 Å². The number of hydrogen-bond acceptors (Lipinski definition) is 1. The van der Waals surface area contributed by atoms with E-state index in [4.69, 9.17) is 4.43 Å². The van der Waals surface area contributed by atoms with Crippen molar-refractivity contribution >= 4 is 38.4 Å². The maximum Gasteiger partial charge on any atom is 3.00 e. The Balaban J connectivity index is 0.00000225. The van der Waals surface area contributed by atoms with Gasteiger partial charge < -0.3 is 29.2 Å². The van der Waals surface area contributed by atoms with Gasteiger partial charge in [-0.25, -0.2) is 0 Å². The summed E-state index contributed by atoms with van der Waals surface area (Å²) in [5, 5.41) is 4.07. The molecule has 1 aliphatic rings. The van der Waals surface area contributed by atoms with Crippen molar-refractivity contribution < 1.29 is 55.4 Å². The number of halogens is 2. The van der Waals surface area contributed by atoms with Gasteiger partial charge in [-0.3, -0.25) is 0 Å². The third-order valence-electron chi connectivity index (χ3n) is 4.31. The molecule has 6 heteroatoms. The summed E-state index contributed by atoms with van der Waals surface area (Å²) in [6, 6.07) is 11.2. The van der Waals surface area contributed by atoms with Crippen molar-refractivity contribution in [1.82, 2.24) is 0 Å². The molecule has 0 atom stereocenters. The molecular weight excluding hydrogens is 487 g/mol. The maximum atomic E-state index is 6.48. The molecule has 0 heterocycles. The van der Waals surface area contributed by atoms with Crippen molar-refractivity contribution in [3.63, 3.8) is 0 Å². The van der Waals surface area contributed by atoms with Gasteiger partial charge in [-0.1, -0.05) is 43.0 Å². The van der Waals surface area contributed by atoms with Gasteiger partial charge in [0.1, 0.15) is 0 Å². The Bertz CT molecular complexity index is 857. The van der Waals surface area contributed by atoms with Gasteiger partial charge in [0.05, 0.1) is 13.8 Å². The molecule has 0 unspecified atom stereocenters. The molecule has 0 bridgehead atoms. The molecular formula is C21H27Cl2OSi2Zr. The fourth-order valence-electron chi connectivity index (χ4n) is 3.29. The van der Waals surface area contributed by atoms with Crippen molar-refractivity contribution in [2.24, 2.45) is 0 Å². The minimum atomic E-state index is -1.56. The van der Waals surface area contributed by atoms with Gasteiger partial charge >= 0.3 is 26.2 Å². The molecule has 1 nitrogen and oxygen atoms in total. The van der Waals surface area contributed by atoms with Crippen LogP contribution >= 0.6 is 0 Å². The van der Waals surface area contributed by atoms with Gasteiger partial charge in [-0.05, 0) is 26.1 Å². The number of rotatable bonds is 5. The van der Waals surface area contributed by atoms with Gasteiger partial charge in [-0.15, -0.1) is 46.2 Å². The fourth-order valence-corrected chi connectivity index (χ4v) is 6.38. The smallest absolute Gasteiger partial charge is 1.00 e. The first-order valence-electron chi connectivity index (χ1n) is 8.74. The van der Waals surface area contributed by atoms with Gasteiger partial charge in [0.15, 0.2) is 0 Å². The van der Waals surface area contributed by atoms with Crippen molar-refractivity contribution in [2.45, 2.75) is 45.6 Å². The van der Waals surface area contributed by atoms with E-state index in [1.165, 1.54) is 32.8 Å². The quantitative estimate of drug-likeness (QED) is 0.397. The molecule has 1 radical (unpaired) electrons. The third-order valence-corrected chi connectivity index (χ3v) is 6.77. The molecule has 0 fully saturated rings. The van der Waals surface area contributed by atoms with Crippen LogP contribution in [0.25, 0.3) is 16.3 Å². The molecule has 2 aromatic rings. The van der Waals surface area contributed by atoms with Crippen LogP contribution in [0.4, 0.5) is 0 Å². The monoisotopic (exact) mass is 511 g/mol. The van der Waals surface area contributed by atoms with Crippen LogP contribution in [0.1, 0.15) is 17.5 Å². The van der Waals surface area contributed by atoms with Gasteiger partial charge in [-0.2, -0.15) is 0 Å². The second kappa shape index (κ2) is 11.2. The Morgan fingerprint density at radius 3 is 2.37 bits per heavy atom. The van der Waals surface area contributed by atoms with E-state index in [1.54, 1.807) is 0 Å². The molecule has 0 aliphatic heterocycles. The minimum Gasteiger partial charge on any atom is -1.00 e. The van der Waals surface area contributed by atoms with Gasteiger partial charge in [0.2, 0.25) is 8.32 Å². The number of hydrogen-bond donors (Lipinski definition) is 0. The van der Waals surface area contributed by atoms with Crippen molar-refractivity contribution in [3.8, 4) is 0 Å². The van der Waals surface area contributed by atoms with Crippen molar-refractivity contribution in [1.29, 1.82) is 0 Å². The second-order valence-electron chi connectivity index (χ2n) is 7.77. The van der Waals surface area contributed by atoms with Crippen LogP contribution < -0.4 is 24.8 Å². The van der Waals surface area contributed by atoms with Gasteiger partial charge in [0, 0.05) is 6.42 Å². The van der Waals surface area contributed by atoms with Crippen LogP contribution in [-0.4, -0.2) is 22.1 Å². The zero-order chi connectivity index (χ0) is 17.3. The molecule has 27 heavy (non-hydrogen) atoms. The van der Waals surface area contributed by atoms with Crippen LogP contribution in [0, 0.1) is 0 Å². The van der Waals surface area contributed by atoms with Gasteiger partial charge in [0.25, 0.3) is 0 Å². The number of allylic oxidation sites excluding steroid dienone is 4. The SMILES string of the molecule is C[Si](C)=C(Cc1[cH-]c2ccccc2c1C1=CC=CC1)O[Si](C)(C)C.[Cl-].[Cl-].[Zr+3]. The molecule has 2 aromatic carbocycles. The predicted molar refractivity (Wildman–Crippen MR) is 112 cm³/mol. The standard InChI is InChI=1S/C21H27OSi2.2ClH.Zr/c1-23(2)20(22-24(3,4)5)15-18-14-17-12-8-9-13-19(17)21(18)16-10-6-7-11-16;;;/h6-10,12-14H,11,15H2,1-5H3;2*1H;/q-1;;;+3/p-2. The van der Waals surface area contributed by atoms with Crippen molar-refractivity contribution in [3.05, 3.63) is 59.7 Å². The minimum absolute atomic E-state index is 0. The Kier molecular flexibility index (Phi) is 11.1. The Labute approximate surface area is 197 Å². The molecule has 3 rings (SSSR count). The first kappa shape index (κ1) is 26.9. The summed E-state index contributed by atoms with van der Waals surface area (Å²) < 4.78 is 6.48. The molecule has 0 N–H and O–H groups in total. The van der Waals surface area contributed by atoms with Crippen LogP contribution in [0.2, 0.25) is 32.7 Å². The van der Waals surface area contributed by atoms with Crippen LogP contribution in [0.5, 0.6) is 0 Å². The first-order valence-corrected chi connectivity index (χ1v) is 14.6. The van der Waals surface area contributed by atoms with E-state index in [0.29, 0.717) is 0 Å². The molecule has 0 spiro atoms. The zero-order valence-corrected chi connectivity index (χ0v) is 22.7. The van der Waals surface area contributed by atoms with Crippen LogP contribution in [-0.2, 0) is 37.1 Å². The molecule has 143 valence electrons. The van der Waals surface area contributed by atoms with E-state index in [-0.39, 0.29) is 51.0 Å². The maximum absolute atomic E-state index is 6.48. The molecule has 0 saturated heterocycles. The molecule has 1 aliphatic carbocycles. The summed E-state index contributed by atoms with van der Waals surface area (Å²) in [4.78, 5) is 0. The molecule has 0 amide bonds. The third kappa shape index (κ3) is 6.71. The topological polar surface area (TPSA) is 9.23 Å². The molecule has 0 saturated carbocycles. The Morgan fingerprint density at radius 1 is 1.15 bits per heavy atom. The fraction of sp³-hybridized carbons (Fsp3) is 0.333. The summed E-state index contributed by atoms with van der Waals surface area (Å²) in [6.45, 7) is 11.5. The average molecular weight is 514 g/mol. The van der Waals surface area contributed by atoms with E-state index >= 15 is 0 Å². The summed E-state index contributed by atoms with van der Waals surface area (Å²) in [5.41, 5.74) is 4.32. The van der Waals surface area contributed by atoms with E-state index in [2.05, 4.69) is 81.3 Å². The zero-order valence-electron chi connectivity index (χ0n) is 16.7. The largest absolute Gasteiger partial charge is 3.00 e. The summed E-state index contributed by atoms with van der Waals surface area (Å²) in [5.74, 6) is 0. The van der Waals surface area contributed by atoms with Crippen LogP contribution in [0.15, 0.2) is 48.6 Å². The summed E-state index contributed by atoms with van der Waals surface area (Å²) >= 11 is 0. The average Bonchev–Trinajstić information content (AvgIpc) is 3.11. The second-order valence-corrected chi connectivity index (χ2v) is 14.8.